The minimum Gasteiger partial charge on any atom is -0.495 e. The molecule has 1 aliphatic heterocycles. The summed E-state index contributed by atoms with van der Waals surface area (Å²) in [5, 5.41) is 20.3. The Morgan fingerprint density at radius 1 is 1.00 bits per heavy atom. The highest BCUT2D eigenvalue weighted by Gasteiger charge is 2.32. The number of rotatable bonds is 4. The third kappa shape index (κ3) is 2.50. The zero-order valence-corrected chi connectivity index (χ0v) is 14.5. The molecule has 0 saturated heterocycles. The number of hydrogen-bond donors (Lipinski definition) is 2. The summed E-state index contributed by atoms with van der Waals surface area (Å²) in [7, 11) is 1.26. The minimum absolute atomic E-state index is 0.0668. The lowest BCUT2D eigenvalue weighted by Gasteiger charge is -2.19. The molecule has 7 nitrogen and oxygen atoms in total. The first-order valence-corrected chi connectivity index (χ1v) is 8.12. The zero-order valence-electron chi connectivity index (χ0n) is 14.5. The van der Waals surface area contributed by atoms with Crippen LogP contribution in [0.3, 0.4) is 0 Å². The van der Waals surface area contributed by atoms with Crippen molar-refractivity contribution in [2.75, 3.05) is 13.9 Å². The first kappa shape index (κ1) is 17.6. The fourth-order valence-corrected chi connectivity index (χ4v) is 3.44. The third-order valence-electron chi connectivity index (χ3n) is 4.53. The Morgan fingerprint density at radius 3 is 2.29 bits per heavy atom. The molecule has 3 aromatic rings. The number of carboxylic acid groups (broad SMARTS) is 2. The van der Waals surface area contributed by atoms with Gasteiger partial charge in [0.05, 0.1) is 12.7 Å². The summed E-state index contributed by atoms with van der Waals surface area (Å²) in [4.78, 5) is 24.1. The highest BCUT2D eigenvalue weighted by atomic mass is 19.1. The molecular weight excluding hydrogens is 371 g/mol. The maximum Gasteiger partial charge on any atom is 0.340 e. The van der Waals surface area contributed by atoms with Crippen molar-refractivity contribution in [1.82, 2.24) is 0 Å². The number of benzene rings is 3. The summed E-state index contributed by atoms with van der Waals surface area (Å²) in [6, 6.07) is 8.25. The Morgan fingerprint density at radius 2 is 1.68 bits per heavy atom. The van der Waals surface area contributed by atoms with Crippen molar-refractivity contribution in [3.05, 3.63) is 53.3 Å². The van der Waals surface area contributed by atoms with Crippen LogP contribution < -0.4 is 14.2 Å². The quantitative estimate of drug-likeness (QED) is 0.706. The molecule has 3 aromatic carbocycles. The highest BCUT2D eigenvalue weighted by molar-refractivity contribution is 6.19. The van der Waals surface area contributed by atoms with E-state index in [1.807, 2.05) is 0 Å². The van der Waals surface area contributed by atoms with Crippen molar-refractivity contribution in [2.24, 2.45) is 0 Å². The highest BCUT2D eigenvalue weighted by Crippen LogP contribution is 2.49. The number of carboxylic acids is 2. The van der Waals surface area contributed by atoms with Crippen LogP contribution >= 0.6 is 0 Å². The van der Waals surface area contributed by atoms with Crippen LogP contribution in [0.15, 0.2) is 36.4 Å². The monoisotopic (exact) mass is 384 g/mol. The fraction of sp³-hybridized carbons (Fsp3) is 0.100. The van der Waals surface area contributed by atoms with Gasteiger partial charge in [-0.2, -0.15) is 0 Å². The van der Waals surface area contributed by atoms with E-state index in [0.29, 0.717) is 22.1 Å². The Kier molecular flexibility index (Phi) is 4.03. The van der Waals surface area contributed by atoms with Gasteiger partial charge in [-0.3, -0.25) is 0 Å². The molecule has 4 rings (SSSR count). The molecule has 0 unspecified atom stereocenters. The SMILES string of the molecule is COc1c(C(=O)O)c(C(=O)O)c(-c2ccc(F)cc2)c2c3c(ccc12)OCO3. The molecule has 0 fully saturated rings. The lowest BCUT2D eigenvalue weighted by molar-refractivity contribution is 0.0649. The van der Waals surface area contributed by atoms with Crippen LogP contribution in [0.1, 0.15) is 20.7 Å². The maximum atomic E-state index is 13.4. The Hall–Kier alpha value is -3.81. The van der Waals surface area contributed by atoms with Crippen molar-refractivity contribution in [3.8, 4) is 28.4 Å². The maximum absolute atomic E-state index is 13.4. The van der Waals surface area contributed by atoms with Crippen molar-refractivity contribution < 1.29 is 38.4 Å². The molecule has 0 atom stereocenters. The molecule has 142 valence electrons. The van der Waals surface area contributed by atoms with E-state index in [9.17, 15) is 24.2 Å². The molecule has 1 aliphatic rings. The molecule has 28 heavy (non-hydrogen) atoms. The van der Waals surface area contributed by atoms with Gasteiger partial charge in [-0.15, -0.1) is 0 Å². The lowest BCUT2D eigenvalue weighted by Crippen LogP contribution is -2.13. The van der Waals surface area contributed by atoms with Gasteiger partial charge in [0.2, 0.25) is 6.79 Å². The van der Waals surface area contributed by atoms with Crippen molar-refractivity contribution >= 4 is 22.7 Å². The number of halogens is 1. The van der Waals surface area contributed by atoms with Gasteiger partial charge >= 0.3 is 11.9 Å². The Labute approximate surface area is 157 Å². The van der Waals surface area contributed by atoms with Crippen LogP contribution in [0, 0.1) is 5.82 Å². The predicted octanol–water partition coefficient (Wildman–Crippen LogP) is 3.78. The van der Waals surface area contributed by atoms with Crippen LogP contribution in [0.4, 0.5) is 4.39 Å². The zero-order chi connectivity index (χ0) is 20.0. The van der Waals surface area contributed by atoms with Gasteiger partial charge in [-0.25, -0.2) is 14.0 Å². The number of hydrogen-bond acceptors (Lipinski definition) is 5. The summed E-state index contributed by atoms with van der Waals surface area (Å²) in [5.74, 6) is -2.89. The first-order chi connectivity index (χ1) is 13.4. The first-order valence-electron chi connectivity index (χ1n) is 8.12. The number of fused-ring (bicyclic) bond motifs is 3. The van der Waals surface area contributed by atoms with Gasteiger partial charge in [0.25, 0.3) is 0 Å². The molecule has 2 N–H and O–H groups in total. The van der Waals surface area contributed by atoms with Crippen LogP contribution in [-0.2, 0) is 0 Å². The number of aromatic carboxylic acids is 2. The van der Waals surface area contributed by atoms with Gasteiger partial charge in [-0.1, -0.05) is 12.1 Å². The summed E-state index contributed by atoms with van der Waals surface area (Å²) in [6.07, 6.45) is 0. The largest absolute Gasteiger partial charge is 0.495 e. The fourth-order valence-electron chi connectivity index (χ4n) is 3.44. The minimum atomic E-state index is -1.46. The molecule has 8 heteroatoms. The van der Waals surface area contributed by atoms with Gasteiger partial charge in [0.15, 0.2) is 11.5 Å². The van der Waals surface area contributed by atoms with Gasteiger partial charge in [0, 0.05) is 16.3 Å². The van der Waals surface area contributed by atoms with Crippen LogP contribution in [0.25, 0.3) is 21.9 Å². The van der Waals surface area contributed by atoms with E-state index in [2.05, 4.69) is 0 Å². The third-order valence-corrected chi connectivity index (χ3v) is 4.53. The van der Waals surface area contributed by atoms with E-state index >= 15 is 0 Å². The summed E-state index contributed by atoms with van der Waals surface area (Å²) in [6.45, 7) is -0.0668. The molecular formula is C20H13FO7. The Balaban J connectivity index is 2.28. The van der Waals surface area contributed by atoms with E-state index in [1.165, 1.54) is 19.2 Å². The summed E-state index contributed by atoms with van der Waals surface area (Å²) in [5.41, 5.74) is -0.575. The van der Waals surface area contributed by atoms with Crippen molar-refractivity contribution in [3.63, 3.8) is 0 Å². The number of carbonyl (C=O) groups is 2. The molecule has 0 aliphatic carbocycles. The van der Waals surface area contributed by atoms with E-state index in [1.54, 1.807) is 12.1 Å². The lowest BCUT2D eigenvalue weighted by atomic mass is 9.88. The number of ether oxygens (including phenoxy) is 3. The van der Waals surface area contributed by atoms with Gasteiger partial charge in [-0.05, 0) is 29.8 Å². The summed E-state index contributed by atoms with van der Waals surface area (Å²) < 4.78 is 29.6. The van der Waals surface area contributed by atoms with E-state index < -0.39 is 28.9 Å². The van der Waals surface area contributed by atoms with E-state index in [-0.39, 0.29) is 23.9 Å². The molecule has 0 spiro atoms. The van der Waals surface area contributed by atoms with E-state index in [0.717, 1.165) is 12.1 Å². The van der Waals surface area contributed by atoms with Crippen LogP contribution in [0.2, 0.25) is 0 Å². The molecule has 0 bridgehead atoms. The molecule has 0 radical (unpaired) electrons. The standard InChI is InChI=1S/C20H13FO7/c1-26-17-11-6-7-12-18(28-8-27-12)14(11)13(9-2-4-10(21)5-3-9)15(19(22)23)16(17)20(24)25/h2-7H,8H2,1H3,(H,22,23)(H,24,25). The smallest absolute Gasteiger partial charge is 0.340 e. The van der Waals surface area contributed by atoms with E-state index in [4.69, 9.17) is 14.2 Å². The normalized spacial score (nSPS) is 12.2. The second-order valence-corrected chi connectivity index (χ2v) is 6.00. The van der Waals surface area contributed by atoms with Crippen LogP contribution in [-0.4, -0.2) is 36.1 Å². The Bertz CT molecular complexity index is 1140. The molecule has 0 aromatic heterocycles. The van der Waals surface area contributed by atoms with Gasteiger partial charge < -0.3 is 24.4 Å². The van der Waals surface area contributed by atoms with Crippen LogP contribution in [0.5, 0.6) is 17.2 Å². The second-order valence-electron chi connectivity index (χ2n) is 6.00. The second kappa shape index (κ2) is 6.41. The van der Waals surface area contributed by atoms with Crippen molar-refractivity contribution in [2.45, 2.75) is 0 Å². The predicted molar refractivity (Wildman–Crippen MR) is 95.9 cm³/mol. The van der Waals surface area contributed by atoms with Gasteiger partial charge in [0.1, 0.15) is 17.1 Å². The summed E-state index contributed by atoms with van der Waals surface area (Å²) >= 11 is 0. The average Bonchev–Trinajstić information content (AvgIpc) is 3.15. The molecule has 1 heterocycles. The molecule has 0 saturated carbocycles. The average molecular weight is 384 g/mol. The molecule has 0 amide bonds. The number of methoxy groups -OCH3 is 1. The van der Waals surface area contributed by atoms with Crippen molar-refractivity contribution in [1.29, 1.82) is 0 Å². The topological polar surface area (TPSA) is 102 Å².